The second kappa shape index (κ2) is 7.48. The van der Waals surface area contributed by atoms with Gasteiger partial charge in [-0.2, -0.15) is 0 Å². The first-order valence-corrected chi connectivity index (χ1v) is 6.83. The van der Waals surface area contributed by atoms with Gasteiger partial charge >= 0.3 is 6.03 Å². The van der Waals surface area contributed by atoms with Crippen LogP contribution in [0, 0.1) is 0 Å². The Labute approximate surface area is 109 Å². The van der Waals surface area contributed by atoms with E-state index in [1.54, 1.807) is 4.90 Å². The highest BCUT2D eigenvalue weighted by molar-refractivity contribution is 7.77. The highest BCUT2D eigenvalue weighted by Gasteiger charge is 2.28. The average molecular weight is 257 g/mol. The number of amides is 2. The van der Waals surface area contributed by atoms with Gasteiger partial charge in [0.25, 0.3) is 0 Å². The zero-order valence-corrected chi connectivity index (χ0v) is 11.2. The molecule has 1 saturated heterocycles. The summed E-state index contributed by atoms with van der Waals surface area (Å²) in [4.78, 5) is 24.6. The average Bonchev–Trinajstić information content (AvgIpc) is 2.77. The van der Waals surface area contributed by atoms with Gasteiger partial charge in [0, 0.05) is 18.2 Å². The Balaban J connectivity index is 2.25. The van der Waals surface area contributed by atoms with Crippen molar-refractivity contribution in [2.45, 2.75) is 51.5 Å². The van der Waals surface area contributed by atoms with Crippen LogP contribution in [-0.4, -0.2) is 35.2 Å². The van der Waals surface area contributed by atoms with Crippen LogP contribution < -0.4 is 5.32 Å². The van der Waals surface area contributed by atoms with Gasteiger partial charge in [-0.3, -0.25) is 0 Å². The van der Waals surface area contributed by atoms with Crippen LogP contribution in [0.4, 0.5) is 4.79 Å². The van der Waals surface area contributed by atoms with E-state index >= 15 is 0 Å². The van der Waals surface area contributed by atoms with Gasteiger partial charge in [-0.1, -0.05) is 26.2 Å². The van der Waals surface area contributed by atoms with Gasteiger partial charge in [0.1, 0.15) is 0 Å². The molecule has 1 heterocycles. The molecule has 0 aromatic carbocycles. The maximum Gasteiger partial charge on any atom is 0.317 e. The highest BCUT2D eigenvalue weighted by Crippen LogP contribution is 2.17. The zero-order valence-electron chi connectivity index (χ0n) is 10.4. The molecule has 1 unspecified atom stereocenters. The van der Waals surface area contributed by atoms with E-state index in [1.807, 2.05) is 0 Å². The van der Waals surface area contributed by atoms with Crippen LogP contribution in [-0.2, 0) is 17.4 Å². The molecule has 17 heavy (non-hydrogen) atoms. The Morgan fingerprint density at radius 2 is 2.12 bits per heavy atom. The number of hydrogen-bond acceptors (Lipinski definition) is 3. The molecule has 98 valence electrons. The van der Waals surface area contributed by atoms with Crippen molar-refractivity contribution >= 4 is 23.8 Å². The molecule has 5 heteroatoms. The predicted octanol–water partition coefficient (Wildman–Crippen LogP) is 1.81. The van der Waals surface area contributed by atoms with E-state index in [2.05, 4.69) is 24.9 Å². The summed E-state index contributed by atoms with van der Waals surface area (Å²) in [5, 5.41) is 2.54. The predicted molar refractivity (Wildman–Crippen MR) is 69.6 cm³/mol. The summed E-state index contributed by atoms with van der Waals surface area (Å²) < 4.78 is 0. The van der Waals surface area contributed by atoms with Crippen molar-refractivity contribution < 1.29 is 9.59 Å². The minimum Gasteiger partial charge on any atom is -0.740 e. The van der Waals surface area contributed by atoms with E-state index < -0.39 is 0 Å². The first-order chi connectivity index (χ1) is 8.16. The third-order valence-corrected chi connectivity index (χ3v) is 3.36. The van der Waals surface area contributed by atoms with Crippen molar-refractivity contribution in [1.29, 1.82) is 0 Å². The molecular weight excluding hydrogens is 236 g/mol. The second-order valence-corrected chi connectivity index (χ2v) is 4.87. The van der Waals surface area contributed by atoms with Crippen molar-refractivity contribution in [3.05, 3.63) is 0 Å². The van der Waals surface area contributed by atoms with E-state index in [4.69, 9.17) is 0 Å². The number of likely N-dealkylation sites (tertiary alicyclic amines) is 1. The van der Waals surface area contributed by atoms with Crippen LogP contribution in [0.1, 0.15) is 45.4 Å². The molecule has 0 aromatic rings. The topological polar surface area (TPSA) is 49.4 Å². The SMILES string of the molecule is CCCCCCNC(=O)N1CCCC1C(=O)[S-]. The molecule has 1 N–H and O–H groups in total. The number of nitrogens with zero attached hydrogens (tertiary/aromatic N) is 1. The largest absolute Gasteiger partial charge is 0.740 e. The summed E-state index contributed by atoms with van der Waals surface area (Å²) in [6, 6.07) is -0.511. The highest BCUT2D eigenvalue weighted by atomic mass is 32.1. The van der Waals surface area contributed by atoms with E-state index in [9.17, 15) is 9.59 Å². The van der Waals surface area contributed by atoms with Crippen molar-refractivity contribution in [3.8, 4) is 0 Å². The van der Waals surface area contributed by atoms with Gasteiger partial charge in [-0.25, -0.2) is 4.79 Å². The molecule has 0 saturated carbocycles. The number of carbonyl (C=O) groups excluding carboxylic acids is 2. The molecule has 1 atom stereocenters. The first kappa shape index (κ1) is 14.2. The number of nitrogens with one attached hydrogen (secondary N) is 1. The number of unbranched alkanes of at least 4 members (excludes halogenated alkanes) is 3. The van der Waals surface area contributed by atoms with Gasteiger partial charge in [0.2, 0.25) is 0 Å². The number of hydrogen-bond donors (Lipinski definition) is 1. The third-order valence-electron chi connectivity index (χ3n) is 3.09. The van der Waals surface area contributed by atoms with Gasteiger partial charge in [0.05, 0.1) is 6.04 Å². The van der Waals surface area contributed by atoms with E-state index in [0.717, 1.165) is 19.3 Å². The molecule has 0 aliphatic carbocycles. The normalized spacial score (nSPS) is 19.4. The number of urea groups is 1. The Hall–Kier alpha value is -0.840. The van der Waals surface area contributed by atoms with Gasteiger partial charge in [-0.05, 0) is 19.3 Å². The lowest BCUT2D eigenvalue weighted by Gasteiger charge is -2.26. The van der Waals surface area contributed by atoms with Gasteiger partial charge in [-0.15, -0.1) is 0 Å². The van der Waals surface area contributed by atoms with E-state index in [-0.39, 0.29) is 17.2 Å². The summed E-state index contributed by atoms with van der Waals surface area (Å²) >= 11 is 4.64. The van der Waals surface area contributed by atoms with Crippen LogP contribution in [0.5, 0.6) is 0 Å². The maximum absolute atomic E-state index is 11.8. The molecular formula is C12H21N2O2S-. The van der Waals surface area contributed by atoms with E-state index in [0.29, 0.717) is 19.5 Å². The molecule has 1 aliphatic rings. The molecule has 0 aromatic heterocycles. The monoisotopic (exact) mass is 257 g/mol. The summed E-state index contributed by atoms with van der Waals surface area (Å²) in [6.45, 7) is 3.49. The Morgan fingerprint density at radius 3 is 2.76 bits per heavy atom. The summed E-state index contributed by atoms with van der Waals surface area (Å²) in [7, 11) is 0. The fourth-order valence-electron chi connectivity index (χ4n) is 2.10. The second-order valence-electron chi connectivity index (χ2n) is 4.46. The molecule has 0 bridgehead atoms. The van der Waals surface area contributed by atoms with Crippen LogP contribution in [0.2, 0.25) is 0 Å². The molecule has 4 nitrogen and oxygen atoms in total. The molecule has 1 aliphatic heterocycles. The van der Waals surface area contributed by atoms with Crippen molar-refractivity contribution in [2.75, 3.05) is 13.1 Å². The maximum atomic E-state index is 11.8. The summed E-state index contributed by atoms with van der Waals surface area (Å²) in [5.74, 6) is 0. The Morgan fingerprint density at radius 1 is 1.35 bits per heavy atom. The lowest BCUT2D eigenvalue weighted by molar-refractivity contribution is -0.114. The number of carbonyl (C=O) groups is 2. The third kappa shape index (κ3) is 4.50. The Kier molecular flexibility index (Phi) is 6.26. The fraction of sp³-hybridized carbons (Fsp3) is 0.833. The van der Waals surface area contributed by atoms with Crippen LogP contribution in [0.15, 0.2) is 0 Å². The van der Waals surface area contributed by atoms with Crippen LogP contribution in [0.3, 0.4) is 0 Å². The quantitative estimate of drug-likeness (QED) is 0.583. The van der Waals surface area contributed by atoms with Gasteiger partial charge < -0.3 is 27.6 Å². The lowest BCUT2D eigenvalue weighted by Crippen LogP contribution is -2.45. The standard InChI is InChI=1S/C12H22N2O2S/c1-2-3-4-5-8-13-12(16)14-9-6-7-10(14)11(15)17/h10H,2-9H2,1H3,(H,13,16)(H,15,17)/p-1. The molecule has 1 fully saturated rings. The van der Waals surface area contributed by atoms with E-state index in [1.165, 1.54) is 12.8 Å². The lowest BCUT2D eigenvalue weighted by atomic mass is 10.2. The smallest absolute Gasteiger partial charge is 0.317 e. The minimum absolute atomic E-state index is 0.137. The van der Waals surface area contributed by atoms with Crippen LogP contribution in [0.25, 0.3) is 0 Å². The molecule has 0 radical (unpaired) electrons. The summed E-state index contributed by atoms with van der Waals surface area (Å²) in [6.07, 6.45) is 6.11. The zero-order chi connectivity index (χ0) is 12.7. The van der Waals surface area contributed by atoms with Crippen molar-refractivity contribution in [1.82, 2.24) is 10.2 Å². The van der Waals surface area contributed by atoms with Crippen LogP contribution >= 0.6 is 0 Å². The van der Waals surface area contributed by atoms with Crippen molar-refractivity contribution in [2.24, 2.45) is 0 Å². The molecule has 1 rings (SSSR count). The van der Waals surface area contributed by atoms with Crippen molar-refractivity contribution in [3.63, 3.8) is 0 Å². The Bertz CT molecular complexity index is 271. The fourth-order valence-corrected chi connectivity index (χ4v) is 2.35. The first-order valence-electron chi connectivity index (χ1n) is 6.42. The number of rotatable bonds is 6. The molecule has 0 spiro atoms. The minimum atomic E-state index is -0.374. The molecule has 2 amide bonds. The van der Waals surface area contributed by atoms with Gasteiger partial charge in [0.15, 0.2) is 0 Å². The summed E-state index contributed by atoms with van der Waals surface area (Å²) in [5.41, 5.74) is 0.